The lowest BCUT2D eigenvalue weighted by Crippen LogP contribution is -2.02. The summed E-state index contributed by atoms with van der Waals surface area (Å²) >= 11 is 0. The molecule has 6 nitrogen and oxygen atoms in total. The summed E-state index contributed by atoms with van der Waals surface area (Å²) in [6, 6.07) is 18.3. The molecule has 0 amide bonds. The van der Waals surface area contributed by atoms with Crippen molar-refractivity contribution in [2.45, 2.75) is 6.61 Å². The van der Waals surface area contributed by atoms with Gasteiger partial charge in [-0.2, -0.15) is 0 Å². The minimum atomic E-state index is -0.448. The maximum absolute atomic E-state index is 11.6. The van der Waals surface area contributed by atoms with E-state index in [1.807, 2.05) is 42.5 Å². The molecule has 0 N–H and O–H groups in total. The molecule has 4 rings (SSSR count). The molecule has 0 saturated carbocycles. The molecule has 4 aromatic rings. The topological polar surface area (TPSA) is 70.2 Å². The molecule has 0 bridgehead atoms. The average molecular weight is 319 g/mol. The first kappa shape index (κ1) is 14.2. The van der Waals surface area contributed by atoms with Gasteiger partial charge in [-0.05, 0) is 24.3 Å². The Balaban J connectivity index is 1.58. The van der Waals surface area contributed by atoms with E-state index in [0.29, 0.717) is 17.0 Å². The molecule has 0 aliphatic heterocycles. The third-order valence-corrected chi connectivity index (χ3v) is 3.55. The lowest BCUT2D eigenvalue weighted by molar-refractivity contribution is 0.302. The minimum Gasteiger partial charge on any atom is -0.486 e. The normalized spacial score (nSPS) is 10.8. The molecular formula is C18H13N3O3. The molecular weight excluding hydrogens is 306 g/mol. The number of rotatable bonds is 4. The monoisotopic (exact) mass is 319 g/mol. The molecule has 0 unspecified atom stereocenters. The Kier molecular flexibility index (Phi) is 3.55. The molecule has 2 aromatic heterocycles. The number of fused-ring (bicyclic) bond motifs is 1. The highest BCUT2D eigenvalue weighted by atomic mass is 16.5. The lowest BCUT2D eigenvalue weighted by atomic mass is 10.2. The molecule has 0 spiro atoms. The van der Waals surface area contributed by atoms with Gasteiger partial charge in [0.2, 0.25) is 0 Å². The Hall–Kier alpha value is -3.41. The number of para-hydroxylation sites is 2. The van der Waals surface area contributed by atoms with Crippen molar-refractivity contribution in [3.63, 3.8) is 0 Å². The summed E-state index contributed by atoms with van der Waals surface area (Å²) in [5, 5.41) is 8.92. The molecule has 2 heterocycles. The summed E-state index contributed by atoms with van der Waals surface area (Å²) in [7, 11) is 0. The van der Waals surface area contributed by atoms with Crippen LogP contribution in [0.1, 0.15) is 5.69 Å². The van der Waals surface area contributed by atoms with E-state index < -0.39 is 5.63 Å². The largest absolute Gasteiger partial charge is 0.486 e. The highest BCUT2D eigenvalue weighted by molar-refractivity contribution is 5.82. The fourth-order valence-electron chi connectivity index (χ4n) is 2.42. The Bertz CT molecular complexity index is 1040. The van der Waals surface area contributed by atoms with Crippen LogP contribution in [0.15, 0.2) is 76.1 Å². The third-order valence-electron chi connectivity index (χ3n) is 3.55. The number of nitrogens with zero attached hydrogens (tertiary/aromatic N) is 3. The summed E-state index contributed by atoms with van der Waals surface area (Å²) in [5.74, 6) is 0.469. The predicted octanol–water partition coefficient (Wildman–Crippen LogP) is 2.95. The molecule has 0 fully saturated rings. The second-order valence-corrected chi connectivity index (χ2v) is 5.20. The van der Waals surface area contributed by atoms with E-state index in [0.717, 1.165) is 11.1 Å². The molecule has 0 aliphatic rings. The van der Waals surface area contributed by atoms with Crippen LogP contribution in [-0.2, 0) is 6.61 Å². The van der Waals surface area contributed by atoms with Crippen LogP contribution in [0, 0.1) is 0 Å². The maximum Gasteiger partial charge on any atom is 0.339 e. The van der Waals surface area contributed by atoms with Gasteiger partial charge in [-0.25, -0.2) is 9.48 Å². The van der Waals surface area contributed by atoms with Crippen LogP contribution in [0.3, 0.4) is 0 Å². The smallest absolute Gasteiger partial charge is 0.339 e. The Morgan fingerprint density at radius 3 is 2.71 bits per heavy atom. The third kappa shape index (κ3) is 2.77. The highest BCUT2D eigenvalue weighted by Crippen LogP contribution is 2.23. The van der Waals surface area contributed by atoms with Crippen LogP contribution in [0.4, 0.5) is 0 Å². The van der Waals surface area contributed by atoms with Crippen molar-refractivity contribution in [2.75, 3.05) is 0 Å². The molecule has 118 valence electrons. The summed E-state index contributed by atoms with van der Waals surface area (Å²) < 4.78 is 12.6. The molecule has 0 radical (unpaired) electrons. The van der Waals surface area contributed by atoms with Crippen LogP contribution in [0.2, 0.25) is 0 Å². The summed E-state index contributed by atoms with van der Waals surface area (Å²) in [6.07, 6.45) is 1.79. The number of hydrogen-bond acceptors (Lipinski definition) is 5. The summed E-state index contributed by atoms with van der Waals surface area (Å²) in [6.45, 7) is 0.209. The first-order valence-electron chi connectivity index (χ1n) is 7.42. The quantitative estimate of drug-likeness (QED) is 0.541. The van der Waals surface area contributed by atoms with E-state index in [9.17, 15) is 4.79 Å². The van der Waals surface area contributed by atoms with Crippen molar-refractivity contribution in [1.29, 1.82) is 0 Å². The van der Waals surface area contributed by atoms with Gasteiger partial charge in [-0.1, -0.05) is 35.5 Å². The molecule has 0 atom stereocenters. The molecule has 6 heteroatoms. The van der Waals surface area contributed by atoms with Crippen molar-refractivity contribution in [2.24, 2.45) is 0 Å². The van der Waals surface area contributed by atoms with Gasteiger partial charge < -0.3 is 9.15 Å². The summed E-state index contributed by atoms with van der Waals surface area (Å²) in [4.78, 5) is 11.6. The van der Waals surface area contributed by atoms with E-state index >= 15 is 0 Å². The van der Waals surface area contributed by atoms with Crippen LogP contribution in [0.5, 0.6) is 5.75 Å². The predicted molar refractivity (Wildman–Crippen MR) is 88.2 cm³/mol. The molecule has 0 aliphatic carbocycles. The highest BCUT2D eigenvalue weighted by Gasteiger charge is 2.08. The standard InChI is InChI=1S/C18H13N3O3/c22-18-10-17(15-8-4-5-9-16(15)24-18)23-12-13-11-21(20-19-13)14-6-2-1-3-7-14/h1-11H,12H2. The SMILES string of the molecule is O=c1cc(OCc2cn(-c3ccccc3)nn2)c2ccccc2o1. The number of ether oxygens (including phenoxy) is 1. The van der Waals surface area contributed by atoms with E-state index in [2.05, 4.69) is 10.3 Å². The fourth-order valence-corrected chi connectivity index (χ4v) is 2.42. The first-order valence-corrected chi connectivity index (χ1v) is 7.42. The Labute approximate surface area is 136 Å². The van der Waals surface area contributed by atoms with Gasteiger partial charge in [-0.3, -0.25) is 0 Å². The Morgan fingerprint density at radius 1 is 1.04 bits per heavy atom. The zero-order chi connectivity index (χ0) is 16.4. The van der Waals surface area contributed by atoms with Crippen molar-refractivity contribution in [3.8, 4) is 11.4 Å². The van der Waals surface area contributed by atoms with Crippen LogP contribution in [-0.4, -0.2) is 15.0 Å². The van der Waals surface area contributed by atoms with Gasteiger partial charge >= 0.3 is 5.63 Å². The number of aromatic nitrogens is 3. The molecule has 2 aromatic carbocycles. The zero-order valence-corrected chi connectivity index (χ0v) is 12.6. The maximum atomic E-state index is 11.6. The van der Waals surface area contributed by atoms with Crippen molar-refractivity contribution in [1.82, 2.24) is 15.0 Å². The van der Waals surface area contributed by atoms with E-state index in [1.165, 1.54) is 6.07 Å². The van der Waals surface area contributed by atoms with Crippen molar-refractivity contribution >= 4 is 11.0 Å². The van der Waals surface area contributed by atoms with E-state index in [4.69, 9.17) is 9.15 Å². The van der Waals surface area contributed by atoms with E-state index in [-0.39, 0.29) is 6.61 Å². The summed E-state index contributed by atoms with van der Waals surface area (Å²) in [5.41, 5.74) is 1.63. The average Bonchev–Trinajstić information content (AvgIpc) is 3.09. The van der Waals surface area contributed by atoms with Crippen molar-refractivity contribution in [3.05, 3.63) is 83.0 Å². The van der Waals surface area contributed by atoms with Crippen molar-refractivity contribution < 1.29 is 9.15 Å². The molecule has 24 heavy (non-hydrogen) atoms. The number of benzene rings is 2. The fraction of sp³-hybridized carbons (Fsp3) is 0.0556. The first-order chi connectivity index (χ1) is 11.8. The second kappa shape index (κ2) is 6.00. The van der Waals surface area contributed by atoms with Gasteiger partial charge in [0.1, 0.15) is 23.6 Å². The van der Waals surface area contributed by atoms with Gasteiger partial charge in [0.05, 0.1) is 23.3 Å². The van der Waals surface area contributed by atoms with E-state index in [1.54, 1.807) is 23.0 Å². The Morgan fingerprint density at radius 2 is 1.83 bits per heavy atom. The van der Waals surface area contributed by atoms with Crippen LogP contribution >= 0.6 is 0 Å². The van der Waals surface area contributed by atoms with Gasteiger partial charge in [-0.15, -0.1) is 5.10 Å². The second-order valence-electron chi connectivity index (χ2n) is 5.20. The lowest BCUT2D eigenvalue weighted by Gasteiger charge is -2.06. The van der Waals surface area contributed by atoms with Crippen LogP contribution in [0.25, 0.3) is 16.7 Å². The van der Waals surface area contributed by atoms with Gasteiger partial charge in [0, 0.05) is 0 Å². The molecule has 0 saturated heterocycles. The van der Waals surface area contributed by atoms with Gasteiger partial charge in [0.15, 0.2) is 0 Å². The minimum absolute atomic E-state index is 0.209. The number of hydrogen-bond donors (Lipinski definition) is 0. The van der Waals surface area contributed by atoms with Gasteiger partial charge in [0.25, 0.3) is 0 Å². The zero-order valence-electron chi connectivity index (χ0n) is 12.6. The van der Waals surface area contributed by atoms with Crippen LogP contribution < -0.4 is 10.4 Å².